The standard InChI is InChI=1S/C18H26N4/c1-4-18-21-13-5-12-20-14(2)15(3)22(18)17-8-6-16(7-9-17)10-11-19/h5-9,13,20H,4,10-12,19H2,1-3H3/b13-5+,15-14+,21-18?. The third-order valence-corrected chi connectivity index (χ3v) is 3.89. The SMILES string of the molecule is CCC1=N/C=C/CN/C(C)=C(\C)N1c1ccc(CCN)cc1. The van der Waals surface area contributed by atoms with Crippen molar-refractivity contribution in [3.8, 4) is 0 Å². The molecule has 0 fully saturated rings. The number of nitrogens with one attached hydrogen (secondary N) is 1. The first-order chi connectivity index (χ1) is 10.7. The Kier molecular flexibility index (Phi) is 5.78. The fourth-order valence-corrected chi connectivity index (χ4v) is 2.52. The van der Waals surface area contributed by atoms with Crippen molar-refractivity contribution in [1.29, 1.82) is 0 Å². The van der Waals surface area contributed by atoms with Crippen LogP contribution in [0.1, 0.15) is 32.8 Å². The van der Waals surface area contributed by atoms with E-state index in [4.69, 9.17) is 5.73 Å². The van der Waals surface area contributed by atoms with E-state index in [1.807, 2.05) is 12.3 Å². The van der Waals surface area contributed by atoms with Gasteiger partial charge in [-0.3, -0.25) is 0 Å². The summed E-state index contributed by atoms with van der Waals surface area (Å²) in [6.07, 6.45) is 5.71. The molecule has 0 amide bonds. The minimum Gasteiger partial charge on any atom is -0.384 e. The monoisotopic (exact) mass is 298 g/mol. The highest BCUT2D eigenvalue weighted by Gasteiger charge is 2.16. The lowest BCUT2D eigenvalue weighted by molar-refractivity contribution is 0.875. The maximum atomic E-state index is 5.63. The van der Waals surface area contributed by atoms with Gasteiger partial charge in [-0.2, -0.15) is 0 Å². The molecule has 1 heterocycles. The molecule has 3 N–H and O–H groups in total. The average Bonchev–Trinajstić information content (AvgIpc) is 2.60. The van der Waals surface area contributed by atoms with Gasteiger partial charge in [-0.25, -0.2) is 4.99 Å². The normalized spacial score (nSPS) is 20.5. The smallest absolute Gasteiger partial charge is 0.113 e. The van der Waals surface area contributed by atoms with Crippen LogP contribution in [-0.4, -0.2) is 18.9 Å². The second kappa shape index (κ2) is 7.80. The minimum atomic E-state index is 0.678. The Bertz CT molecular complexity index is 582. The summed E-state index contributed by atoms with van der Waals surface area (Å²) in [7, 11) is 0. The Morgan fingerprint density at radius 3 is 2.59 bits per heavy atom. The van der Waals surface area contributed by atoms with E-state index in [1.54, 1.807) is 0 Å². The number of anilines is 1. The van der Waals surface area contributed by atoms with Gasteiger partial charge in [0.25, 0.3) is 0 Å². The summed E-state index contributed by atoms with van der Waals surface area (Å²) in [4.78, 5) is 6.86. The van der Waals surface area contributed by atoms with Crippen LogP contribution in [0.25, 0.3) is 0 Å². The van der Waals surface area contributed by atoms with Gasteiger partial charge < -0.3 is 16.0 Å². The fourth-order valence-electron chi connectivity index (χ4n) is 2.52. The number of hydrogen-bond donors (Lipinski definition) is 2. The van der Waals surface area contributed by atoms with E-state index in [0.29, 0.717) is 6.54 Å². The third-order valence-electron chi connectivity index (χ3n) is 3.89. The number of nitrogens with zero attached hydrogens (tertiary/aromatic N) is 2. The highest BCUT2D eigenvalue weighted by atomic mass is 15.2. The fraction of sp³-hybridized carbons (Fsp3) is 0.389. The lowest BCUT2D eigenvalue weighted by Gasteiger charge is -2.28. The first-order valence-corrected chi connectivity index (χ1v) is 7.89. The van der Waals surface area contributed by atoms with E-state index < -0.39 is 0 Å². The number of hydrogen-bond acceptors (Lipinski definition) is 4. The number of aliphatic imine (C=N–C) groups is 1. The van der Waals surface area contributed by atoms with Gasteiger partial charge in [0.05, 0.1) is 0 Å². The van der Waals surface area contributed by atoms with Crippen LogP contribution >= 0.6 is 0 Å². The summed E-state index contributed by atoms with van der Waals surface area (Å²) in [6.45, 7) is 7.85. The molecule has 0 atom stereocenters. The molecule has 0 saturated carbocycles. The second-order valence-electron chi connectivity index (χ2n) is 5.42. The average molecular weight is 298 g/mol. The molecule has 118 valence electrons. The Morgan fingerprint density at radius 1 is 1.23 bits per heavy atom. The van der Waals surface area contributed by atoms with Crippen molar-refractivity contribution in [1.82, 2.24) is 5.32 Å². The second-order valence-corrected chi connectivity index (χ2v) is 5.42. The van der Waals surface area contributed by atoms with Crippen LogP contribution in [0.4, 0.5) is 5.69 Å². The van der Waals surface area contributed by atoms with Crippen molar-refractivity contribution < 1.29 is 0 Å². The van der Waals surface area contributed by atoms with E-state index in [2.05, 4.69) is 60.2 Å². The Balaban J connectivity index is 2.44. The molecule has 0 aromatic heterocycles. The first kappa shape index (κ1) is 16.3. The third kappa shape index (κ3) is 3.77. The number of rotatable bonds is 4. The predicted molar refractivity (Wildman–Crippen MR) is 94.9 cm³/mol. The zero-order chi connectivity index (χ0) is 15.9. The van der Waals surface area contributed by atoms with Crippen LogP contribution in [0.15, 0.2) is 52.9 Å². The molecule has 4 nitrogen and oxygen atoms in total. The van der Waals surface area contributed by atoms with Crippen LogP contribution in [0.5, 0.6) is 0 Å². The van der Waals surface area contributed by atoms with E-state index in [0.717, 1.165) is 30.9 Å². The zero-order valence-electron chi connectivity index (χ0n) is 13.8. The predicted octanol–water partition coefficient (Wildman–Crippen LogP) is 3.17. The van der Waals surface area contributed by atoms with Gasteiger partial charge in [0.2, 0.25) is 0 Å². The molecule has 0 bridgehead atoms. The molecule has 0 aliphatic carbocycles. The first-order valence-electron chi connectivity index (χ1n) is 7.89. The lowest BCUT2D eigenvalue weighted by atomic mass is 10.1. The molecular formula is C18H26N4. The largest absolute Gasteiger partial charge is 0.384 e. The van der Waals surface area contributed by atoms with E-state index >= 15 is 0 Å². The molecule has 22 heavy (non-hydrogen) atoms. The van der Waals surface area contributed by atoms with Gasteiger partial charge in [0.15, 0.2) is 0 Å². The van der Waals surface area contributed by atoms with Crippen LogP contribution in [0, 0.1) is 0 Å². The Morgan fingerprint density at radius 2 is 1.95 bits per heavy atom. The van der Waals surface area contributed by atoms with Gasteiger partial charge in [0, 0.05) is 36.2 Å². The summed E-state index contributed by atoms with van der Waals surface area (Å²) in [5.41, 5.74) is 10.4. The molecule has 1 aromatic rings. The summed E-state index contributed by atoms with van der Waals surface area (Å²) >= 11 is 0. The van der Waals surface area contributed by atoms with Gasteiger partial charge in [0.1, 0.15) is 5.84 Å². The van der Waals surface area contributed by atoms with Crippen LogP contribution in [-0.2, 0) is 6.42 Å². The van der Waals surface area contributed by atoms with Crippen molar-refractivity contribution in [3.05, 3.63) is 53.5 Å². The summed E-state index contributed by atoms with van der Waals surface area (Å²) in [6, 6.07) is 8.59. The maximum absolute atomic E-state index is 5.63. The number of allylic oxidation sites excluding steroid dienone is 2. The molecule has 2 rings (SSSR count). The molecule has 0 unspecified atom stereocenters. The van der Waals surface area contributed by atoms with Crippen molar-refractivity contribution in [2.45, 2.75) is 33.6 Å². The topological polar surface area (TPSA) is 53.7 Å². The van der Waals surface area contributed by atoms with Crippen LogP contribution in [0.2, 0.25) is 0 Å². The minimum absolute atomic E-state index is 0.678. The lowest BCUT2D eigenvalue weighted by Crippen LogP contribution is -2.31. The van der Waals surface area contributed by atoms with Crippen molar-refractivity contribution in [2.75, 3.05) is 18.0 Å². The molecule has 1 aliphatic rings. The number of nitrogens with two attached hydrogens (primary N) is 1. The van der Waals surface area contributed by atoms with Crippen LogP contribution in [0.3, 0.4) is 0 Å². The molecule has 0 spiro atoms. The Hall–Kier alpha value is -2.07. The van der Waals surface area contributed by atoms with E-state index in [-0.39, 0.29) is 0 Å². The number of amidine groups is 1. The molecule has 4 heteroatoms. The number of benzene rings is 1. The molecule has 0 radical (unpaired) electrons. The van der Waals surface area contributed by atoms with E-state index in [9.17, 15) is 0 Å². The van der Waals surface area contributed by atoms with Gasteiger partial charge in [-0.15, -0.1) is 0 Å². The van der Waals surface area contributed by atoms with Gasteiger partial charge >= 0.3 is 0 Å². The maximum Gasteiger partial charge on any atom is 0.113 e. The van der Waals surface area contributed by atoms with Crippen molar-refractivity contribution in [2.24, 2.45) is 10.7 Å². The highest BCUT2D eigenvalue weighted by molar-refractivity contribution is 6.00. The zero-order valence-corrected chi connectivity index (χ0v) is 13.8. The van der Waals surface area contributed by atoms with Crippen molar-refractivity contribution in [3.63, 3.8) is 0 Å². The molecule has 1 aromatic carbocycles. The molecule has 1 aliphatic heterocycles. The van der Waals surface area contributed by atoms with Crippen LogP contribution < -0.4 is 16.0 Å². The van der Waals surface area contributed by atoms with Gasteiger partial charge in [-0.05, 0) is 50.6 Å². The molecule has 0 saturated heterocycles. The molecular weight excluding hydrogens is 272 g/mol. The summed E-state index contributed by atoms with van der Waals surface area (Å²) < 4.78 is 0. The summed E-state index contributed by atoms with van der Waals surface area (Å²) in [5.74, 6) is 1.04. The van der Waals surface area contributed by atoms with Gasteiger partial charge in [-0.1, -0.05) is 19.1 Å². The summed E-state index contributed by atoms with van der Waals surface area (Å²) in [5, 5.41) is 3.41. The highest BCUT2D eigenvalue weighted by Crippen LogP contribution is 2.24. The Labute approximate surface area is 133 Å². The van der Waals surface area contributed by atoms with E-state index in [1.165, 1.54) is 17.0 Å². The van der Waals surface area contributed by atoms with Crippen molar-refractivity contribution >= 4 is 11.5 Å². The quantitative estimate of drug-likeness (QED) is 0.897.